The zero-order valence-corrected chi connectivity index (χ0v) is 12.1. The number of nitrogens with one attached hydrogen (secondary N) is 1. The van der Waals surface area contributed by atoms with Gasteiger partial charge in [-0.15, -0.1) is 10.2 Å². The highest BCUT2D eigenvalue weighted by atomic mass is 32.1. The van der Waals surface area contributed by atoms with Crippen molar-refractivity contribution in [1.29, 1.82) is 0 Å². The lowest BCUT2D eigenvalue weighted by atomic mass is 10.2. The van der Waals surface area contributed by atoms with Crippen LogP contribution in [0.1, 0.15) is 17.5 Å². The summed E-state index contributed by atoms with van der Waals surface area (Å²) >= 11 is 1.38. The van der Waals surface area contributed by atoms with Gasteiger partial charge in [0.1, 0.15) is 10.8 Å². The highest BCUT2D eigenvalue weighted by Gasteiger charge is 2.04. The van der Waals surface area contributed by atoms with Gasteiger partial charge in [0.05, 0.1) is 7.11 Å². The number of ether oxygens (including phenoxy) is 1. The van der Waals surface area contributed by atoms with Gasteiger partial charge < -0.3 is 4.74 Å². The molecule has 0 fully saturated rings. The van der Waals surface area contributed by atoms with Crippen molar-refractivity contribution in [1.82, 2.24) is 10.2 Å². The van der Waals surface area contributed by atoms with Crippen LogP contribution in [0.25, 0.3) is 6.08 Å². The second-order valence-corrected chi connectivity index (χ2v) is 5.01. The molecule has 1 N–H and O–H groups in total. The molecular formula is C14H15N3O2S. The summed E-state index contributed by atoms with van der Waals surface area (Å²) in [4.78, 5) is 11.7. The summed E-state index contributed by atoms with van der Waals surface area (Å²) in [6, 6.07) is 7.44. The predicted molar refractivity (Wildman–Crippen MR) is 79.9 cm³/mol. The van der Waals surface area contributed by atoms with Crippen molar-refractivity contribution in [3.05, 3.63) is 40.9 Å². The van der Waals surface area contributed by atoms with Crippen LogP contribution in [0.5, 0.6) is 5.75 Å². The minimum absolute atomic E-state index is 0.223. The first-order valence-electron chi connectivity index (χ1n) is 6.16. The Balaban J connectivity index is 1.94. The number of amides is 1. The Kier molecular flexibility index (Phi) is 4.84. The summed E-state index contributed by atoms with van der Waals surface area (Å²) in [5.41, 5.74) is 0.924. The van der Waals surface area contributed by atoms with Gasteiger partial charge >= 0.3 is 0 Å². The fourth-order valence-electron chi connectivity index (χ4n) is 1.48. The Hall–Kier alpha value is -2.21. The molecule has 0 saturated carbocycles. The van der Waals surface area contributed by atoms with E-state index in [0.717, 1.165) is 22.7 Å². The van der Waals surface area contributed by atoms with Crippen LogP contribution in [0, 0.1) is 0 Å². The maximum absolute atomic E-state index is 11.7. The monoisotopic (exact) mass is 289 g/mol. The lowest BCUT2D eigenvalue weighted by molar-refractivity contribution is -0.111. The number of anilines is 1. The summed E-state index contributed by atoms with van der Waals surface area (Å²) in [6.45, 7) is 2.00. The SMILES string of the molecule is CCc1nnc(NC(=O)/C=C/c2ccc(OC)cc2)s1. The van der Waals surface area contributed by atoms with E-state index in [9.17, 15) is 4.79 Å². The molecule has 5 nitrogen and oxygen atoms in total. The Morgan fingerprint density at radius 3 is 2.70 bits per heavy atom. The van der Waals surface area contributed by atoms with Gasteiger partial charge in [0.2, 0.25) is 11.0 Å². The molecule has 2 rings (SSSR count). The van der Waals surface area contributed by atoms with E-state index in [4.69, 9.17) is 4.74 Å². The van der Waals surface area contributed by atoms with Crippen LogP contribution in [-0.2, 0) is 11.2 Å². The van der Waals surface area contributed by atoms with E-state index < -0.39 is 0 Å². The van der Waals surface area contributed by atoms with E-state index in [2.05, 4.69) is 15.5 Å². The molecule has 2 aromatic rings. The second-order valence-electron chi connectivity index (χ2n) is 3.95. The molecule has 1 aromatic heterocycles. The number of carbonyl (C=O) groups excluding carboxylic acids is 1. The van der Waals surface area contributed by atoms with Gasteiger partial charge in [-0.3, -0.25) is 10.1 Å². The number of carbonyl (C=O) groups is 1. The number of aryl methyl sites for hydroxylation is 1. The number of benzene rings is 1. The Morgan fingerprint density at radius 2 is 2.10 bits per heavy atom. The average molecular weight is 289 g/mol. The van der Waals surface area contributed by atoms with Gasteiger partial charge in [-0.05, 0) is 30.2 Å². The molecule has 0 bridgehead atoms. The maximum atomic E-state index is 11.7. The smallest absolute Gasteiger partial charge is 0.250 e. The van der Waals surface area contributed by atoms with Crippen LogP contribution in [0.4, 0.5) is 5.13 Å². The fourth-order valence-corrected chi connectivity index (χ4v) is 2.16. The third-order valence-electron chi connectivity index (χ3n) is 2.54. The van der Waals surface area contributed by atoms with Crippen LogP contribution in [-0.4, -0.2) is 23.2 Å². The number of nitrogens with zero attached hydrogens (tertiary/aromatic N) is 2. The standard InChI is InChI=1S/C14H15N3O2S/c1-3-13-16-17-14(20-13)15-12(18)9-6-10-4-7-11(19-2)8-5-10/h4-9H,3H2,1-2H3,(H,15,17,18)/b9-6+. The van der Waals surface area contributed by atoms with E-state index in [1.807, 2.05) is 31.2 Å². The zero-order valence-electron chi connectivity index (χ0n) is 11.3. The van der Waals surface area contributed by atoms with E-state index >= 15 is 0 Å². The third-order valence-corrected chi connectivity index (χ3v) is 3.53. The third kappa shape index (κ3) is 3.89. The van der Waals surface area contributed by atoms with Gasteiger partial charge in [-0.25, -0.2) is 0 Å². The Morgan fingerprint density at radius 1 is 1.35 bits per heavy atom. The molecule has 0 aliphatic rings. The summed E-state index contributed by atoms with van der Waals surface area (Å²) in [5.74, 6) is 0.562. The topological polar surface area (TPSA) is 64.1 Å². The first kappa shape index (κ1) is 14.2. The number of methoxy groups -OCH3 is 1. The largest absolute Gasteiger partial charge is 0.497 e. The molecule has 0 saturated heterocycles. The Bertz CT molecular complexity index is 605. The fraction of sp³-hybridized carbons (Fsp3) is 0.214. The minimum Gasteiger partial charge on any atom is -0.497 e. The van der Waals surface area contributed by atoms with Crippen molar-refractivity contribution < 1.29 is 9.53 Å². The number of aromatic nitrogens is 2. The van der Waals surface area contributed by atoms with Crippen molar-refractivity contribution >= 4 is 28.5 Å². The van der Waals surface area contributed by atoms with E-state index in [-0.39, 0.29) is 5.91 Å². The van der Waals surface area contributed by atoms with Gasteiger partial charge in [0.15, 0.2) is 0 Å². The Labute approximate surface area is 121 Å². The molecule has 0 aliphatic heterocycles. The van der Waals surface area contributed by atoms with Crippen LogP contribution in [0.3, 0.4) is 0 Å². The number of hydrogen-bond donors (Lipinski definition) is 1. The molecule has 6 heteroatoms. The van der Waals surface area contributed by atoms with Gasteiger partial charge in [0.25, 0.3) is 0 Å². The van der Waals surface area contributed by atoms with Crippen LogP contribution < -0.4 is 10.1 Å². The number of hydrogen-bond acceptors (Lipinski definition) is 5. The highest BCUT2D eigenvalue weighted by Crippen LogP contribution is 2.16. The van der Waals surface area contributed by atoms with Crippen molar-refractivity contribution in [2.24, 2.45) is 0 Å². The average Bonchev–Trinajstić information content (AvgIpc) is 2.93. The maximum Gasteiger partial charge on any atom is 0.250 e. The van der Waals surface area contributed by atoms with Gasteiger partial charge in [-0.1, -0.05) is 30.4 Å². The lowest BCUT2D eigenvalue weighted by Gasteiger charge is -1.99. The predicted octanol–water partition coefficient (Wildman–Crippen LogP) is 2.76. The lowest BCUT2D eigenvalue weighted by Crippen LogP contribution is -2.07. The van der Waals surface area contributed by atoms with Crippen LogP contribution >= 0.6 is 11.3 Å². The molecule has 1 aromatic carbocycles. The molecule has 0 aliphatic carbocycles. The first-order valence-corrected chi connectivity index (χ1v) is 6.98. The van der Waals surface area contributed by atoms with Gasteiger partial charge in [0, 0.05) is 6.08 Å². The highest BCUT2D eigenvalue weighted by molar-refractivity contribution is 7.15. The van der Waals surface area contributed by atoms with Crippen LogP contribution in [0.2, 0.25) is 0 Å². The first-order chi connectivity index (χ1) is 9.71. The zero-order chi connectivity index (χ0) is 14.4. The van der Waals surface area contributed by atoms with E-state index in [0.29, 0.717) is 5.13 Å². The molecule has 0 spiro atoms. The van der Waals surface area contributed by atoms with Gasteiger partial charge in [-0.2, -0.15) is 0 Å². The van der Waals surface area contributed by atoms with E-state index in [1.54, 1.807) is 13.2 Å². The molecule has 0 unspecified atom stereocenters. The summed E-state index contributed by atoms with van der Waals surface area (Å²) in [6.07, 6.45) is 4.01. The quantitative estimate of drug-likeness (QED) is 0.860. The second kappa shape index (κ2) is 6.81. The minimum atomic E-state index is -0.223. The summed E-state index contributed by atoms with van der Waals surface area (Å²) in [5, 5.41) is 11.9. The molecule has 0 atom stereocenters. The van der Waals surface area contributed by atoms with E-state index in [1.165, 1.54) is 17.4 Å². The number of rotatable bonds is 5. The van der Waals surface area contributed by atoms with Crippen molar-refractivity contribution in [3.8, 4) is 5.75 Å². The van der Waals surface area contributed by atoms with Crippen molar-refractivity contribution in [2.75, 3.05) is 12.4 Å². The summed E-state index contributed by atoms with van der Waals surface area (Å²) < 4.78 is 5.07. The molecule has 20 heavy (non-hydrogen) atoms. The molecule has 1 amide bonds. The molecule has 0 radical (unpaired) electrons. The van der Waals surface area contributed by atoms with Crippen molar-refractivity contribution in [2.45, 2.75) is 13.3 Å². The van der Waals surface area contributed by atoms with Crippen molar-refractivity contribution in [3.63, 3.8) is 0 Å². The molecule has 1 heterocycles. The molecular weight excluding hydrogens is 274 g/mol. The molecule has 104 valence electrons. The summed E-state index contributed by atoms with van der Waals surface area (Å²) in [7, 11) is 1.62. The van der Waals surface area contributed by atoms with Crippen LogP contribution in [0.15, 0.2) is 30.3 Å². The normalized spacial score (nSPS) is 10.7.